The monoisotopic (exact) mass is 553 g/mol. The number of hydrogen-bond donors (Lipinski definition) is 0. The van der Waals surface area contributed by atoms with Crippen LogP contribution in [0, 0.1) is 0 Å². The summed E-state index contributed by atoms with van der Waals surface area (Å²) in [6.45, 7) is 0. The van der Waals surface area contributed by atoms with Crippen LogP contribution in [-0.4, -0.2) is 24.3 Å². The van der Waals surface area contributed by atoms with E-state index in [1.165, 1.54) is 0 Å². The van der Waals surface area contributed by atoms with Gasteiger partial charge in [-0.1, -0.05) is 127 Å². The van der Waals surface area contributed by atoms with Gasteiger partial charge in [-0.3, -0.25) is 9.20 Å². The number of nitrogens with zero attached hydrogens (tertiary/aromatic N) is 5. The van der Waals surface area contributed by atoms with E-state index in [0.717, 1.165) is 44.2 Å². The fraction of sp³-hybridized carbons (Fsp3) is 0. The SMILES string of the molecule is O=c1nc2c3ccccc3c(-c3ccccc3)c(-c3nc(-c4ccccc4)nc(-c4ccccc4)n3)n2c2ccccc12. The molecule has 0 aliphatic heterocycles. The molecule has 43 heavy (non-hydrogen) atoms. The minimum absolute atomic E-state index is 0.273. The molecule has 202 valence electrons. The highest BCUT2D eigenvalue weighted by Gasteiger charge is 2.24. The lowest BCUT2D eigenvalue weighted by atomic mass is 9.95. The molecule has 0 atom stereocenters. The molecule has 6 heteroatoms. The minimum Gasteiger partial charge on any atom is -0.289 e. The summed E-state index contributed by atoms with van der Waals surface area (Å²) in [5, 5.41) is 2.35. The summed E-state index contributed by atoms with van der Waals surface area (Å²) in [4.78, 5) is 33.2. The van der Waals surface area contributed by atoms with Gasteiger partial charge in [0.2, 0.25) is 0 Å². The van der Waals surface area contributed by atoms with Gasteiger partial charge in [0.15, 0.2) is 17.5 Å². The zero-order chi connectivity index (χ0) is 28.8. The van der Waals surface area contributed by atoms with Crippen molar-refractivity contribution >= 4 is 27.3 Å². The van der Waals surface area contributed by atoms with Crippen molar-refractivity contribution in [2.75, 3.05) is 0 Å². The fourth-order valence-electron chi connectivity index (χ4n) is 5.74. The van der Waals surface area contributed by atoms with Crippen LogP contribution in [0.15, 0.2) is 144 Å². The van der Waals surface area contributed by atoms with Gasteiger partial charge in [0.05, 0.1) is 10.9 Å². The Morgan fingerprint density at radius 1 is 0.419 bits per heavy atom. The standard InChI is InChI=1S/C37H23N5O/c43-37-29-22-12-13-23-30(29)42-32(31(24-14-4-1-5-15-24)27-20-10-11-21-28(27)36(42)41-37)35-39-33(25-16-6-2-7-17-25)38-34(40-35)26-18-8-3-9-19-26/h1-23H. The first-order valence-electron chi connectivity index (χ1n) is 14.1. The molecule has 0 saturated heterocycles. The summed E-state index contributed by atoms with van der Waals surface area (Å²) < 4.78 is 2.04. The van der Waals surface area contributed by atoms with Crippen LogP contribution in [0.5, 0.6) is 0 Å². The number of fused-ring (bicyclic) bond motifs is 5. The zero-order valence-electron chi connectivity index (χ0n) is 22.9. The van der Waals surface area contributed by atoms with Crippen molar-refractivity contribution in [3.05, 3.63) is 150 Å². The van der Waals surface area contributed by atoms with Crippen LogP contribution in [0.4, 0.5) is 0 Å². The van der Waals surface area contributed by atoms with Crippen LogP contribution in [0.1, 0.15) is 0 Å². The second-order valence-corrected chi connectivity index (χ2v) is 10.3. The number of aromatic nitrogens is 5. The fourth-order valence-corrected chi connectivity index (χ4v) is 5.74. The molecule has 5 aromatic carbocycles. The minimum atomic E-state index is -0.273. The van der Waals surface area contributed by atoms with Gasteiger partial charge in [-0.05, 0) is 23.1 Å². The molecule has 8 aromatic rings. The van der Waals surface area contributed by atoms with Crippen molar-refractivity contribution in [2.24, 2.45) is 0 Å². The molecule has 0 spiro atoms. The lowest BCUT2D eigenvalue weighted by molar-refractivity contribution is 1.04. The third kappa shape index (κ3) is 4.16. The molecule has 0 fully saturated rings. The van der Waals surface area contributed by atoms with Crippen molar-refractivity contribution in [1.82, 2.24) is 24.3 Å². The Labute approximate surface area is 246 Å². The van der Waals surface area contributed by atoms with Gasteiger partial charge < -0.3 is 0 Å². The number of rotatable bonds is 4. The topological polar surface area (TPSA) is 73.0 Å². The predicted molar refractivity (Wildman–Crippen MR) is 172 cm³/mol. The molecule has 0 radical (unpaired) electrons. The zero-order valence-corrected chi connectivity index (χ0v) is 22.9. The highest BCUT2D eigenvalue weighted by atomic mass is 16.1. The Bertz CT molecular complexity index is 2290. The van der Waals surface area contributed by atoms with E-state index in [9.17, 15) is 4.79 Å². The molecular weight excluding hydrogens is 530 g/mol. The van der Waals surface area contributed by atoms with Gasteiger partial charge in [0.1, 0.15) is 11.3 Å². The first kappa shape index (κ1) is 24.8. The van der Waals surface area contributed by atoms with Crippen molar-refractivity contribution in [1.29, 1.82) is 0 Å². The maximum absolute atomic E-state index is 13.4. The van der Waals surface area contributed by atoms with Gasteiger partial charge in [-0.2, -0.15) is 4.98 Å². The lowest BCUT2D eigenvalue weighted by Gasteiger charge is -2.20. The summed E-state index contributed by atoms with van der Waals surface area (Å²) in [6, 6.07) is 45.7. The van der Waals surface area contributed by atoms with Crippen LogP contribution < -0.4 is 5.56 Å². The molecule has 0 bridgehead atoms. The van der Waals surface area contributed by atoms with Crippen molar-refractivity contribution in [2.45, 2.75) is 0 Å². The number of hydrogen-bond acceptors (Lipinski definition) is 5. The molecule has 3 heterocycles. The molecule has 0 saturated carbocycles. The molecule has 0 N–H and O–H groups in total. The molecule has 0 aliphatic rings. The lowest BCUT2D eigenvalue weighted by Crippen LogP contribution is -2.14. The van der Waals surface area contributed by atoms with Crippen LogP contribution in [0.3, 0.4) is 0 Å². The van der Waals surface area contributed by atoms with Crippen LogP contribution in [-0.2, 0) is 0 Å². The molecule has 0 unspecified atom stereocenters. The Morgan fingerprint density at radius 3 is 1.49 bits per heavy atom. The van der Waals surface area contributed by atoms with Gasteiger partial charge in [0.25, 0.3) is 5.56 Å². The summed E-state index contributed by atoms with van der Waals surface area (Å²) in [6.07, 6.45) is 0. The third-order valence-electron chi connectivity index (χ3n) is 7.67. The van der Waals surface area contributed by atoms with Gasteiger partial charge >= 0.3 is 0 Å². The highest BCUT2D eigenvalue weighted by molar-refractivity contribution is 6.09. The van der Waals surface area contributed by atoms with E-state index < -0.39 is 0 Å². The van der Waals surface area contributed by atoms with E-state index in [1.54, 1.807) is 0 Å². The molecular formula is C37H23N5O. The van der Waals surface area contributed by atoms with Crippen LogP contribution >= 0.6 is 0 Å². The first-order chi connectivity index (χ1) is 21.3. The Balaban J connectivity index is 1.62. The largest absolute Gasteiger partial charge is 0.289 e. The summed E-state index contributed by atoms with van der Waals surface area (Å²) >= 11 is 0. The molecule has 6 nitrogen and oxygen atoms in total. The molecule has 8 rings (SSSR count). The second kappa shape index (κ2) is 10.1. The molecule has 0 aliphatic carbocycles. The smallest absolute Gasteiger partial charge is 0.281 e. The maximum atomic E-state index is 13.4. The van der Waals surface area contributed by atoms with E-state index in [0.29, 0.717) is 28.5 Å². The first-order valence-corrected chi connectivity index (χ1v) is 14.1. The molecule has 0 amide bonds. The van der Waals surface area contributed by atoms with Gasteiger partial charge in [-0.25, -0.2) is 15.0 Å². The van der Waals surface area contributed by atoms with E-state index in [2.05, 4.69) is 23.2 Å². The van der Waals surface area contributed by atoms with E-state index in [1.807, 2.05) is 126 Å². The van der Waals surface area contributed by atoms with Gasteiger partial charge in [0, 0.05) is 22.1 Å². The average Bonchev–Trinajstić information content (AvgIpc) is 3.09. The van der Waals surface area contributed by atoms with E-state index in [-0.39, 0.29) is 5.56 Å². The van der Waals surface area contributed by atoms with Gasteiger partial charge in [-0.15, -0.1) is 0 Å². The summed E-state index contributed by atoms with van der Waals surface area (Å²) in [5.41, 5.74) is 5.46. The number of pyridine rings is 1. The second-order valence-electron chi connectivity index (χ2n) is 10.3. The molecule has 3 aromatic heterocycles. The third-order valence-corrected chi connectivity index (χ3v) is 7.67. The summed E-state index contributed by atoms with van der Waals surface area (Å²) in [5.74, 6) is 1.60. The highest BCUT2D eigenvalue weighted by Crippen LogP contribution is 2.40. The summed E-state index contributed by atoms with van der Waals surface area (Å²) in [7, 11) is 0. The van der Waals surface area contributed by atoms with Crippen LogP contribution in [0.25, 0.3) is 72.7 Å². The number of para-hydroxylation sites is 1. The van der Waals surface area contributed by atoms with E-state index in [4.69, 9.17) is 15.0 Å². The normalized spacial score (nSPS) is 11.3. The Hall–Kier alpha value is -6.01. The van der Waals surface area contributed by atoms with Crippen molar-refractivity contribution in [3.8, 4) is 45.4 Å². The van der Waals surface area contributed by atoms with E-state index >= 15 is 0 Å². The maximum Gasteiger partial charge on any atom is 0.281 e. The van der Waals surface area contributed by atoms with Crippen molar-refractivity contribution < 1.29 is 0 Å². The van der Waals surface area contributed by atoms with Crippen molar-refractivity contribution in [3.63, 3.8) is 0 Å². The van der Waals surface area contributed by atoms with Crippen LogP contribution in [0.2, 0.25) is 0 Å². The quantitative estimate of drug-likeness (QED) is 0.208. The average molecular weight is 554 g/mol. The Kier molecular flexibility index (Phi) is 5.83. The number of benzene rings is 5. The predicted octanol–water partition coefficient (Wildman–Crippen LogP) is 7.85. The Morgan fingerprint density at radius 2 is 0.884 bits per heavy atom.